The maximum Gasteiger partial charge on any atom is 0.194 e. The predicted octanol–water partition coefficient (Wildman–Crippen LogP) is 37.6. The Hall–Kier alpha value is -4.89. The number of hydrogen-bond acceptors (Lipinski definition) is 11. The van der Waals surface area contributed by atoms with Crippen LogP contribution in [0.15, 0.2) is 133 Å². The lowest BCUT2D eigenvalue weighted by molar-refractivity contribution is 0.104. The molecule has 2 aromatic carbocycles. The molecule has 10 heterocycles. The van der Waals surface area contributed by atoms with E-state index in [2.05, 4.69) is 175 Å². The van der Waals surface area contributed by atoms with Gasteiger partial charge in [-0.05, 0) is 220 Å². The second kappa shape index (κ2) is 44.6. The van der Waals surface area contributed by atoms with Gasteiger partial charge < -0.3 is 0 Å². The van der Waals surface area contributed by atoms with Crippen LogP contribution in [0.4, 0.5) is 0 Å². The molecule has 0 unspecified atom stereocenters. The highest BCUT2D eigenvalue weighted by atomic mass is 32.1. The number of benzene rings is 2. The van der Waals surface area contributed by atoms with Crippen LogP contribution in [0.3, 0.4) is 0 Å². The van der Waals surface area contributed by atoms with E-state index in [1.54, 1.807) is 0 Å². The minimum absolute atomic E-state index is 0.151. The number of hydrogen-bond donors (Lipinski definition) is 0. The van der Waals surface area contributed by atoms with Crippen molar-refractivity contribution in [3.8, 4) is 111 Å². The lowest BCUT2D eigenvalue weighted by Gasteiger charge is -2.04. The highest BCUT2D eigenvalue weighted by molar-refractivity contribution is 7.31. The van der Waals surface area contributed by atoms with Crippen LogP contribution in [0.1, 0.15) is 319 Å². The number of thiophene rings is 10. The third-order valence-corrected chi connectivity index (χ3v) is 35.6. The molecule has 0 bridgehead atoms. The summed E-state index contributed by atoms with van der Waals surface area (Å²) in [6.45, 7) is 13.9. The average Bonchev–Trinajstić information content (AvgIpc) is 1.60. The molecular formula is C101H124OS10. The van der Waals surface area contributed by atoms with Crippen molar-refractivity contribution in [2.45, 2.75) is 311 Å². The Morgan fingerprint density at radius 2 is 0.455 bits per heavy atom. The molecule has 11 heteroatoms. The summed E-state index contributed by atoms with van der Waals surface area (Å²) in [6, 6.07) is 52.8. The van der Waals surface area contributed by atoms with Gasteiger partial charge in [0.1, 0.15) is 0 Å². The Kier molecular flexibility index (Phi) is 33.9. The van der Waals surface area contributed by atoms with Crippen LogP contribution >= 0.6 is 113 Å². The van der Waals surface area contributed by atoms with Crippen LogP contribution in [-0.2, 0) is 38.5 Å². The van der Waals surface area contributed by atoms with E-state index in [4.69, 9.17) is 0 Å². The Labute approximate surface area is 715 Å². The summed E-state index contributed by atoms with van der Waals surface area (Å²) in [5.74, 6) is 0.151. The van der Waals surface area contributed by atoms with E-state index < -0.39 is 0 Å². The van der Waals surface area contributed by atoms with Crippen LogP contribution in [0, 0.1) is 0 Å². The molecule has 0 fully saturated rings. The van der Waals surface area contributed by atoms with Gasteiger partial charge in [0, 0.05) is 110 Å². The van der Waals surface area contributed by atoms with Crippen molar-refractivity contribution >= 4 is 119 Å². The molecular weight excluding hydrogens is 1550 g/mol. The topological polar surface area (TPSA) is 17.1 Å². The monoisotopic (exact) mass is 1670 g/mol. The molecule has 0 amide bonds. The third-order valence-electron chi connectivity index (χ3n) is 22.9. The van der Waals surface area contributed by atoms with Gasteiger partial charge in [0.2, 0.25) is 0 Å². The first-order valence-corrected chi connectivity index (χ1v) is 52.3. The second-order valence-corrected chi connectivity index (χ2v) is 43.0. The smallest absolute Gasteiger partial charge is 0.194 e. The minimum atomic E-state index is 0.151. The molecule has 0 aliphatic heterocycles. The summed E-state index contributed by atoms with van der Waals surface area (Å²) in [4.78, 5) is 43.3. The van der Waals surface area contributed by atoms with Crippen LogP contribution in [0.2, 0.25) is 0 Å². The standard InChI is InChI=1S/C101H124OS10/c1-7-13-19-25-31-37-43-73-67-93(109-98(73)89-63-61-87(107-89)95-69-83(85-57-51-75(103-85)45-39-33-27-21-15-9-3)100(111-95)91-59-53-77(105-91)47-41-35-29-23-17-11-5)71-49-55-79-80-56-50-72(66-82(80)97(102)81(79)65-71)94-68-74(44-38-32-26-20-14-8-2)99(110-94)90-64-62-88(108-90)96-70-84(86-58-52-76(104-86)46-40-34-28-22-16-10-4)101(112-96)92-60-54-78(106-92)48-42-36-30-24-18-12-6/h49-70H,7-48H2,1-6H3. The van der Waals surface area contributed by atoms with E-state index in [-0.39, 0.29) is 5.78 Å². The van der Waals surface area contributed by atoms with Crippen LogP contribution in [0.5, 0.6) is 0 Å². The molecule has 13 rings (SSSR count). The summed E-state index contributed by atoms with van der Waals surface area (Å²) in [5, 5.41) is 0. The Bertz CT molecular complexity index is 4380. The lowest BCUT2D eigenvalue weighted by Crippen LogP contribution is -1.95. The molecule has 594 valence electrons. The molecule has 0 saturated carbocycles. The van der Waals surface area contributed by atoms with E-state index in [0.29, 0.717) is 0 Å². The highest BCUT2D eigenvalue weighted by Crippen LogP contribution is 2.54. The average molecular weight is 1670 g/mol. The summed E-state index contributed by atoms with van der Waals surface area (Å²) in [7, 11) is 0. The molecule has 112 heavy (non-hydrogen) atoms. The molecule has 1 aliphatic carbocycles. The maximum atomic E-state index is 15.2. The Morgan fingerprint density at radius 3 is 0.795 bits per heavy atom. The fourth-order valence-corrected chi connectivity index (χ4v) is 28.2. The zero-order valence-corrected chi connectivity index (χ0v) is 76.6. The van der Waals surface area contributed by atoms with Gasteiger partial charge in [-0.1, -0.05) is 258 Å². The van der Waals surface area contributed by atoms with Gasteiger partial charge in [-0.2, -0.15) is 0 Å². The Balaban J connectivity index is 0.759. The van der Waals surface area contributed by atoms with Gasteiger partial charge in [-0.3, -0.25) is 4.79 Å². The van der Waals surface area contributed by atoms with Gasteiger partial charge in [0.15, 0.2) is 5.78 Å². The van der Waals surface area contributed by atoms with Gasteiger partial charge in [0.25, 0.3) is 0 Å². The van der Waals surface area contributed by atoms with Crippen LogP contribution in [0.25, 0.3) is 111 Å². The van der Waals surface area contributed by atoms with E-state index in [0.717, 1.165) is 46.2 Å². The van der Waals surface area contributed by atoms with Crippen molar-refractivity contribution in [1.29, 1.82) is 0 Å². The van der Waals surface area contributed by atoms with Crippen LogP contribution < -0.4 is 0 Å². The highest BCUT2D eigenvalue weighted by Gasteiger charge is 2.30. The molecule has 1 aliphatic rings. The van der Waals surface area contributed by atoms with Gasteiger partial charge in [0.05, 0.1) is 9.75 Å². The fraction of sp³-hybridized carbons (Fsp3) is 0.475. The number of unbranched alkanes of at least 4 members (excludes halogenated alkanes) is 30. The normalized spacial score (nSPS) is 12.1. The first kappa shape index (κ1) is 85.0. The van der Waals surface area contributed by atoms with Crippen molar-refractivity contribution in [1.82, 2.24) is 0 Å². The SMILES string of the molecule is CCCCCCCCc1ccc(-c2cc(-c3ccc(-c4sc(-c5ccc6c(c5)C(=O)c5cc(-c7cc(CCCCCCCC)c(-c8ccc(-c9cc(-c%10ccc(CCCCCCCC)s%10)c(-c%10ccc(CCCCCCCC)s%10)s9)s8)s7)ccc5-6)cc4CCCCCCCC)s3)sc2-c2ccc(CCCCCCCC)s2)s1. The second-order valence-electron chi connectivity index (χ2n) is 32.0. The lowest BCUT2D eigenvalue weighted by atomic mass is 10.0. The van der Waals surface area contributed by atoms with E-state index in [1.165, 1.54) is 377 Å². The zero-order chi connectivity index (χ0) is 77.2. The maximum absolute atomic E-state index is 15.2. The number of carbonyl (C=O) groups is 1. The number of ketones is 1. The largest absolute Gasteiger partial charge is 0.289 e. The summed E-state index contributed by atoms with van der Waals surface area (Å²) in [6.07, 6.45) is 54.1. The fourth-order valence-electron chi connectivity index (χ4n) is 16.4. The summed E-state index contributed by atoms with van der Waals surface area (Å²) >= 11 is 20.0. The van der Waals surface area contributed by atoms with Crippen molar-refractivity contribution in [3.63, 3.8) is 0 Å². The molecule has 10 aromatic heterocycles. The molecule has 0 saturated heterocycles. The van der Waals surface area contributed by atoms with Crippen molar-refractivity contribution in [2.24, 2.45) is 0 Å². The van der Waals surface area contributed by atoms with E-state index >= 15 is 4.79 Å². The quantitative estimate of drug-likeness (QED) is 0.0347. The van der Waals surface area contributed by atoms with E-state index in [1.807, 2.05) is 113 Å². The predicted molar refractivity (Wildman–Crippen MR) is 511 cm³/mol. The van der Waals surface area contributed by atoms with Crippen molar-refractivity contribution in [2.75, 3.05) is 0 Å². The Morgan fingerprint density at radius 1 is 0.188 bits per heavy atom. The molecule has 0 N–H and O–H groups in total. The number of aryl methyl sites for hydroxylation is 6. The zero-order valence-electron chi connectivity index (χ0n) is 68.4. The van der Waals surface area contributed by atoms with Crippen molar-refractivity contribution < 1.29 is 4.79 Å². The molecule has 1 nitrogen and oxygen atoms in total. The molecule has 12 aromatic rings. The third kappa shape index (κ3) is 22.9. The van der Waals surface area contributed by atoms with E-state index in [9.17, 15) is 0 Å². The summed E-state index contributed by atoms with van der Waals surface area (Å²) < 4.78 is 0. The van der Waals surface area contributed by atoms with Crippen molar-refractivity contribution in [3.05, 3.63) is 175 Å². The van der Waals surface area contributed by atoms with Gasteiger partial charge in [-0.25, -0.2) is 0 Å². The first-order valence-electron chi connectivity index (χ1n) is 44.2. The minimum Gasteiger partial charge on any atom is -0.289 e. The first-order chi connectivity index (χ1) is 55.2. The molecule has 0 atom stereocenters. The number of fused-ring (bicyclic) bond motifs is 3. The molecule has 0 spiro atoms. The van der Waals surface area contributed by atoms with Gasteiger partial charge in [-0.15, -0.1) is 113 Å². The number of carbonyl (C=O) groups excluding carboxylic acids is 1. The molecule has 0 radical (unpaired) electrons. The van der Waals surface area contributed by atoms with Crippen LogP contribution in [-0.4, -0.2) is 5.78 Å². The van der Waals surface area contributed by atoms with Gasteiger partial charge >= 0.3 is 0 Å². The number of rotatable bonds is 52. The summed E-state index contributed by atoms with van der Waals surface area (Å²) in [5.41, 5.74) is 11.8.